The number of hydrogen-bond donors (Lipinski definition) is 2. The van der Waals surface area contributed by atoms with Crippen LogP contribution in [0.15, 0.2) is 33.7 Å². The van der Waals surface area contributed by atoms with Crippen molar-refractivity contribution in [3.8, 4) is 0 Å². The number of nitrogens with one attached hydrogen (secondary N) is 2. The molecular formula is C21H32BrN3O2. The van der Waals surface area contributed by atoms with Crippen molar-refractivity contribution in [3.63, 3.8) is 0 Å². The number of ether oxygens (including phenoxy) is 2. The van der Waals surface area contributed by atoms with Crippen LogP contribution in [0.2, 0.25) is 0 Å². The molecule has 3 rings (SSSR count). The molecule has 6 heteroatoms. The highest BCUT2D eigenvalue weighted by atomic mass is 79.9. The molecule has 2 fully saturated rings. The summed E-state index contributed by atoms with van der Waals surface area (Å²) < 4.78 is 12.3. The Morgan fingerprint density at radius 2 is 2.19 bits per heavy atom. The van der Waals surface area contributed by atoms with Crippen molar-refractivity contribution in [2.45, 2.75) is 38.0 Å². The topological polar surface area (TPSA) is 54.9 Å². The lowest BCUT2D eigenvalue weighted by atomic mass is 9.96. The summed E-state index contributed by atoms with van der Waals surface area (Å²) in [6.45, 7) is 8.01. The average molecular weight is 438 g/mol. The zero-order valence-corrected chi connectivity index (χ0v) is 17.9. The third-order valence-electron chi connectivity index (χ3n) is 5.32. The van der Waals surface area contributed by atoms with Crippen LogP contribution in [0.4, 0.5) is 0 Å². The molecule has 1 aromatic carbocycles. The summed E-state index contributed by atoms with van der Waals surface area (Å²) in [6.07, 6.45) is 4.52. The summed E-state index contributed by atoms with van der Waals surface area (Å²) in [5.74, 6) is 1.49. The second-order valence-electron chi connectivity index (χ2n) is 7.54. The van der Waals surface area contributed by atoms with Gasteiger partial charge in [0.25, 0.3) is 0 Å². The fourth-order valence-corrected chi connectivity index (χ4v) is 4.18. The Labute approximate surface area is 171 Å². The molecule has 27 heavy (non-hydrogen) atoms. The monoisotopic (exact) mass is 437 g/mol. The van der Waals surface area contributed by atoms with Gasteiger partial charge in [0.15, 0.2) is 5.96 Å². The van der Waals surface area contributed by atoms with Gasteiger partial charge in [-0.25, -0.2) is 0 Å². The molecule has 0 amide bonds. The second kappa shape index (κ2) is 10.4. The third-order valence-corrected chi connectivity index (χ3v) is 6.01. The van der Waals surface area contributed by atoms with Gasteiger partial charge in [0, 0.05) is 42.1 Å². The second-order valence-corrected chi connectivity index (χ2v) is 8.39. The van der Waals surface area contributed by atoms with E-state index in [2.05, 4.69) is 57.8 Å². The van der Waals surface area contributed by atoms with Gasteiger partial charge in [-0.05, 0) is 44.2 Å². The molecule has 5 nitrogen and oxygen atoms in total. The van der Waals surface area contributed by atoms with Gasteiger partial charge < -0.3 is 20.1 Å². The highest BCUT2D eigenvalue weighted by molar-refractivity contribution is 9.10. The van der Waals surface area contributed by atoms with Crippen molar-refractivity contribution >= 4 is 21.9 Å². The van der Waals surface area contributed by atoms with Gasteiger partial charge in [0.1, 0.15) is 0 Å². The van der Waals surface area contributed by atoms with Crippen molar-refractivity contribution < 1.29 is 9.47 Å². The van der Waals surface area contributed by atoms with E-state index >= 15 is 0 Å². The first-order valence-electron chi connectivity index (χ1n) is 10.2. The van der Waals surface area contributed by atoms with E-state index in [0.29, 0.717) is 5.92 Å². The van der Waals surface area contributed by atoms with Crippen LogP contribution in [0.1, 0.15) is 38.2 Å². The minimum absolute atomic E-state index is 0.203. The molecule has 1 atom stereocenters. The van der Waals surface area contributed by atoms with Crippen LogP contribution >= 0.6 is 15.9 Å². The molecule has 0 spiro atoms. The first-order chi connectivity index (χ1) is 13.2. The lowest BCUT2D eigenvalue weighted by molar-refractivity contribution is 0.0888. The Morgan fingerprint density at radius 1 is 1.33 bits per heavy atom. The molecule has 1 aliphatic carbocycles. The van der Waals surface area contributed by atoms with E-state index in [-0.39, 0.29) is 5.41 Å². The number of guanidine groups is 1. The highest BCUT2D eigenvalue weighted by Gasteiger charge is 2.45. The lowest BCUT2D eigenvalue weighted by Gasteiger charge is -2.17. The summed E-state index contributed by atoms with van der Waals surface area (Å²) in [5, 5.41) is 6.79. The molecule has 1 saturated carbocycles. The van der Waals surface area contributed by atoms with Crippen molar-refractivity contribution in [2.24, 2.45) is 10.9 Å². The molecular weight excluding hydrogens is 406 g/mol. The number of benzene rings is 1. The van der Waals surface area contributed by atoms with Crippen LogP contribution in [0.3, 0.4) is 0 Å². The van der Waals surface area contributed by atoms with Gasteiger partial charge in [-0.15, -0.1) is 0 Å². The lowest BCUT2D eigenvalue weighted by Crippen LogP contribution is -2.38. The average Bonchev–Trinajstić information content (AvgIpc) is 3.28. The van der Waals surface area contributed by atoms with E-state index in [1.165, 1.54) is 22.9 Å². The fraction of sp³-hybridized carbons (Fsp3) is 0.667. The smallest absolute Gasteiger partial charge is 0.191 e. The SMILES string of the molecule is CCNC(=NCC1(c2ccccc2Br)CC1)NCCCOCC1CCOC1. The Hall–Kier alpha value is -1.11. The predicted octanol–water partition coefficient (Wildman–Crippen LogP) is 3.48. The molecule has 1 saturated heterocycles. The van der Waals surface area contributed by atoms with Crippen molar-refractivity contribution in [1.82, 2.24) is 10.6 Å². The van der Waals surface area contributed by atoms with Gasteiger partial charge in [-0.2, -0.15) is 0 Å². The maximum atomic E-state index is 5.77. The number of hydrogen-bond acceptors (Lipinski definition) is 3. The largest absolute Gasteiger partial charge is 0.381 e. The van der Waals surface area contributed by atoms with Gasteiger partial charge in [0.2, 0.25) is 0 Å². The quantitative estimate of drug-likeness (QED) is 0.334. The van der Waals surface area contributed by atoms with E-state index < -0.39 is 0 Å². The fourth-order valence-electron chi connectivity index (χ4n) is 3.47. The summed E-state index contributed by atoms with van der Waals surface area (Å²) >= 11 is 3.70. The third kappa shape index (κ3) is 6.19. The van der Waals surface area contributed by atoms with E-state index in [1.807, 2.05) is 0 Å². The Balaban J connectivity index is 1.41. The van der Waals surface area contributed by atoms with Crippen molar-refractivity contribution in [3.05, 3.63) is 34.3 Å². The van der Waals surface area contributed by atoms with Crippen molar-refractivity contribution in [1.29, 1.82) is 0 Å². The predicted molar refractivity (Wildman–Crippen MR) is 113 cm³/mol. The van der Waals surface area contributed by atoms with Crippen LogP contribution < -0.4 is 10.6 Å². The molecule has 2 N–H and O–H groups in total. The Morgan fingerprint density at radius 3 is 2.89 bits per heavy atom. The first-order valence-corrected chi connectivity index (χ1v) is 11.0. The summed E-state index contributed by atoms with van der Waals surface area (Å²) in [4.78, 5) is 4.86. The minimum atomic E-state index is 0.203. The van der Waals surface area contributed by atoms with Gasteiger partial charge >= 0.3 is 0 Å². The van der Waals surface area contributed by atoms with Crippen LogP contribution in [0, 0.1) is 5.92 Å². The molecule has 2 aliphatic rings. The summed E-state index contributed by atoms with van der Waals surface area (Å²) in [6, 6.07) is 8.53. The van der Waals surface area contributed by atoms with E-state index in [0.717, 1.165) is 64.9 Å². The maximum Gasteiger partial charge on any atom is 0.191 e. The maximum absolute atomic E-state index is 5.77. The molecule has 0 bridgehead atoms. The molecule has 1 aromatic rings. The minimum Gasteiger partial charge on any atom is -0.381 e. The van der Waals surface area contributed by atoms with Crippen LogP contribution in [0.25, 0.3) is 0 Å². The van der Waals surface area contributed by atoms with Gasteiger partial charge in [-0.1, -0.05) is 34.1 Å². The molecule has 150 valence electrons. The zero-order valence-electron chi connectivity index (χ0n) is 16.3. The number of rotatable bonds is 10. The van der Waals surface area contributed by atoms with Crippen LogP contribution in [0.5, 0.6) is 0 Å². The van der Waals surface area contributed by atoms with Crippen LogP contribution in [-0.2, 0) is 14.9 Å². The number of nitrogens with zero attached hydrogens (tertiary/aromatic N) is 1. The molecule has 0 aromatic heterocycles. The zero-order chi connectivity index (χ0) is 19.0. The summed E-state index contributed by atoms with van der Waals surface area (Å²) in [7, 11) is 0. The van der Waals surface area contributed by atoms with E-state index in [1.54, 1.807) is 0 Å². The molecule has 1 unspecified atom stereocenters. The molecule has 1 aliphatic heterocycles. The summed E-state index contributed by atoms with van der Waals surface area (Å²) in [5.41, 5.74) is 1.59. The Kier molecular flexibility index (Phi) is 7.97. The standard InChI is InChI=1S/C21H32BrN3O2/c1-2-23-20(24-11-5-12-26-14-17-8-13-27-15-17)25-16-21(9-10-21)18-6-3-4-7-19(18)22/h3-4,6-7,17H,2,5,8-16H2,1H3,(H2,23,24,25). The van der Waals surface area contributed by atoms with Crippen molar-refractivity contribution in [2.75, 3.05) is 46.1 Å². The number of halogens is 1. The van der Waals surface area contributed by atoms with Gasteiger partial charge in [0.05, 0.1) is 19.8 Å². The highest BCUT2D eigenvalue weighted by Crippen LogP contribution is 2.50. The molecule has 1 heterocycles. The van der Waals surface area contributed by atoms with E-state index in [4.69, 9.17) is 14.5 Å². The number of aliphatic imine (C=N–C) groups is 1. The van der Waals surface area contributed by atoms with E-state index in [9.17, 15) is 0 Å². The Bertz CT molecular complexity index is 613. The van der Waals surface area contributed by atoms with Crippen LogP contribution in [-0.4, -0.2) is 52.0 Å². The normalized spacial score (nSPS) is 21.3. The molecule has 0 radical (unpaired) electrons. The first kappa shape index (κ1) is 20.6. The van der Waals surface area contributed by atoms with Gasteiger partial charge in [-0.3, -0.25) is 4.99 Å².